The molecule has 2 rings (SSSR count). The summed E-state index contributed by atoms with van der Waals surface area (Å²) >= 11 is 5.94. The SMILES string of the molecule is CC(=O)Cc1c(Cl)ccc2oc(=O)[nH]c12. The number of aromatic nitrogens is 1. The van der Waals surface area contributed by atoms with E-state index in [2.05, 4.69) is 4.98 Å². The summed E-state index contributed by atoms with van der Waals surface area (Å²) in [7, 11) is 0. The van der Waals surface area contributed by atoms with E-state index < -0.39 is 5.76 Å². The Morgan fingerprint density at radius 3 is 2.93 bits per heavy atom. The Hall–Kier alpha value is -1.55. The van der Waals surface area contributed by atoms with Gasteiger partial charge in [-0.1, -0.05) is 11.6 Å². The maximum atomic E-state index is 11.0. The molecule has 4 nitrogen and oxygen atoms in total. The van der Waals surface area contributed by atoms with Gasteiger partial charge in [-0.2, -0.15) is 0 Å². The first kappa shape index (κ1) is 9.98. The Balaban J connectivity index is 2.72. The van der Waals surface area contributed by atoms with E-state index in [1.165, 1.54) is 6.92 Å². The Kier molecular flexibility index (Phi) is 2.36. The van der Waals surface area contributed by atoms with E-state index >= 15 is 0 Å². The van der Waals surface area contributed by atoms with Crippen LogP contribution >= 0.6 is 11.6 Å². The van der Waals surface area contributed by atoms with Gasteiger partial charge in [0.15, 0.2) is 5.58 Å². The van der Waals surface area contributed by atoms with Crippen LogP contribution in [0.3, 0.4) is 0 Å². The molecule has 0 aliphatic rings. The summed E-state index contributed by atoms with van der Waals surface area (Å²) in [6.45, 7) is 1.47. The van der Waals surface area contributed by atoms with Crippen molar-refractivity contribution in [2.45, 2.75) is 13.3 Å². The number of aromatic amines is 1. The van der Waals surface area contributed by atoms with Crippen molar-refractivity contribution in [1.29, 1.82) is 0 Å². The number of halogens is 1. The van der Waals surface area contributed by atoms with Crippen molar-refractivity contribution in [3.05, 3.63) is 33.3 Å². The number of H-pyrrole nitrogens is 1. The van der Waals surface area contributed by atoms with Gasteiger partial charge in [-0.3, -0.25) is 9.78 Å². The molecule has 1 aromatic carbocycles. The maximum absolute atomic E-state index is 11.0. The number of rotatable bonds is 2. The third-order valence-corrected chi connectivity index (χ3v) is 2.43. The van der Waals surface area contributed by atoms with Crippen molar-refractivity contribution in [2.75, 3.05) is 0 Å². The van der Waals surface area contributed by atoms with Gasteiger partial charge in [0.05, 0.1) is 5.52 Å². The second kappa shape index (κ2) is 3.55. The van der Waals surface area contributed by atoms with E-state index in [1.54, 1.807) is 12.1 Å². The molecule has 1 N–H and O–H groups in total. The van der Waals surface area contributed by atoms with E-state index in [4.69, 9.17) is 16.0 Å². The lowest BCUT2D eigenvalue weighted by atomic mass is 10.1. The summed E-state index contributed by atoms with van der Waals surface area (Å²) < 4.78 is 4.86. The molecule has 0 amide bonds. The lowest BCUT2D eigenvalue weighted by molar-refractivity contribution is -0.116. The Bertz CT molecular complexity index is 582. The standard InChI is InChI=1S/C10H8ClNO3/c1-5(13)4-6-7(11)2-3-8-9(6)12-10(14)15-8/h2-3H,4H2,1H3,(H,12,14). The van der Waals surface area contributed by atoms with Crippen LogP contribution in [0.5, 0.6) is 0 Å². The minimum atomic E-state index is -0.544. The highest BCUT2D eigenvalue weighted by Gasteiger charge is 2.11. The number of carbonyl (C=O) groups excluding carboxylic acids is 1. The molecule has 5 heteroatoms. The number of hydrogen-bond donors (Lipinski definition) is 1. The van der Waals surface area contributed by atoms with Crippen LogP contribution in [0.25, 0.3) is 11.1 Å². The fourth-order valence-electron chi connectivity index (χ4n) is 1.47. The third kappa shape index (κ3) is 1.80. The average molecular weight is 226 g/mol. The Morgan fingerprint density at radius 1 is 1.53 bits per heavy atom. The number of hydrogen-bond acceptors (Lipinski definition) is 3. The van der Waals surface area contributed by atoms with E-state index in [9.17, 15) is 9.59 Å². The van der Waals surface area contributed by atoms with Crippen LogP contribution in [0.1, 0.15) is 12.5 Å². The van der Waals surface area contributed by atoms with Gasteiger partial charge in [0, 0.05) is 17.0 Å². The molecule has 0 atom stereocenters. The molecule has 0 aliphatic carbocycles. The first-order valence-corrected chi connectivity index (χ1v) is 4.75. The molecule has 0 saturated heterocycles. The van der Waals surface area contributed by atoms with Crippen molar-refractivity contribution in [2.24, 2.45) is 0 Å². The molecule has 0 fully saturated rings. The van der Waals surface area contributed by atoms with Gasteiger partial charge >= 0.3 is 5.76 Å². The number of fused-ring (bicyclic) bond motifs is 1. The highest BCUT2D eigenvalue weighted by atomic mass is 35.5. The molecule has 15 heavy (non-hydrogen) atoms. The quantitative estimate of drug-likeness (QED) is 0.849. The summed E-state index contributed by atoms with van der Waals surface area (Å²) in [6, 6.07) is 3.21. The van der Waals surface area contributed by atoms with Gasteiger partial charge < -0.3 is 4.42 Å². The van der Waals surface area contributed by atoms with Crippen LogP contribution in [0.2, 0.25) is 5.02 Å². The van der Waals surface area contributed by atoms with Gasteiger partial charge in [0.25, 0.3) is 0 Å². The van der Waals surface area contributed by atoms with Crippen LogP contribution < -0.4 is 5.76 Å². The van der Waals surface area contributed by atoms with Gasteiger partial charge in [-0.05, 0) is 19.1 Å². The Morgan fingerprint density at radius 2 is 2.27 bits per heavy atom. The summed E-state index contributed by atoms with van der Waals surface area (Å²) in [5.74, 6) is -0.566. The molecule has 1 aromatic heterocycles. The Labute approximate surface area is 89.8 Å². The van der Waals surface area contributed by atoms with Crippen molar-refractivity contribution in [1.82, 2.24) is 4.98 Å². The van der Waals surface area contributed by atoms with Gasteiger partial charge in [-0.25, -0.2) is 4.79 Å². The molecule has 0 aliphatic heterocycles. The second-order valence-corrected chi connectivity index (χ2v) is 3.70. The summed E-state index contributed by atoms with van der Waals surface area (Å²) in [6.07, 6.45) is 0.186. The maximum Gasteiger partial charge on any atom is 0.417 e. The predicted molar refractivity (Wildman–Crippen MR) is 56.2 cm³/mol. The van der Waals surface area contributed by atoms with Gasteiger partial charge in [-0.15, -0.1) is 0 Å². The predicted octanol–water partition coefficient (Wildman–Crippen LogP) is 1.91. The van der Waals surface area contributed by atoms with Crippen molar-refractivity contribution in [3.63, 3.8) is 0 Å². The lowest BCUT2D eigenvalue weighted by Gasteiger charge is -2.01. The molecule has 1 heterocycles. The van der Waals surface area contributed by atoms with Crippen LogP contribution in [-0.2, 0) is 11.2 Å². The fraction of sp³-hybridized carbons (Fsp3) is 0.200. The van der Waals surface area contributed by atoms with Gasteiger partial charge in [0.1, 0.15) is 5.78 Å². The smallest absolute Gasteiger partial charge is 0.408 e. The first-order valence-electron chi connectivity index (χ1n) is 4.37. The van der Waals surface area contributed by atoms with Crippen molar-refractivity contribution in [3.8, 4) is 0 Å². The second-order valence-electron chi connectivity index (χ2n) is 3.29. The highest BCUT2D eigenvalue weighted by molar-refractivity contribution is 6.32. The molecular formula is C10H8ClNO3. The highest BCUT2D eigenvalue weighted by Crippen LogP contribution is 2.24. The van der Waals surface area contributed by atoms with Crippen molar-refractivity contribution < 1.29 is 9.21 Å². The van der Waals surface area contributed by atoms with Crippen LogP contribution in [0.15, 0.2) is 21.3 Å². The summed E-state index contributed by atoms with van der Waals surface area (Å²) in [5.41, 5.74) is 1.52. The number of benzene rings is 1. The molecule has 0 saturated carbocycles. The molecule has 0 spiro atoms. The summed E-state index contributed by atoms with van der Waals surface area (Å²) in [4.78, 5) is 24.5. The minimum Gasteiger partial charge on any atom is -0.408 e. The zero-order valence-corrected chi connectivity index (χ0v) is 8.72. The molecule has 0 bridgehead atoms. The minimum absolute atomic E-state index is 0.0218. The average Bonchev–Trinajstić information content (AvgIpc) is 2.51. The number of ketones is 1. The van der Waals surface area contributed by atoms with Crippen LogP contribution in [-0.4, -0.2) is 10.8 Å². The van der Waals surface area contributed by atoms with Gasteiger partial charge in [0.2, 0.25) is 0 Å². The molecular weight excluding hydrogens is 218 g/mol. The van der Waals surface area contributed by atoms with E-state index in [0.29, 0.717) is 21.7 Å². The lowest BCUT2D eigenvalue weighted by Crippen LogP contribution is -2.00. The molecule has 78 valence electrons. The fourth-order valence-corrected chi connectivity index (χ4v) is 1.70. The largest absolute Gasteiger partial charge is 0.417 e. The van der Waals surface area contributed by atoms with Crippen LogP contribution in [0, 0.1) is 0 Å². The van der Waals surface area contributed by atoms with E-state index in [1.807, 2.05) is 0 Å². The molecule has 0 unspecified atom stereocenters. The number of carbonyl (C=O) groups is 1. The van der Waals surface area contributed by atoms with Crippen LogP contribution in [0.4, 0.5) is 0 Å². The number of nitrogens with one attached hydrogen (secondary N) is 1. The van der Waals surface area contributed by atoms with E-state index in [0.717, 1.165) is 0 Å². The zero-order chi connectivity index (χ0) is 11.0. The number of Topliss-reactive ketones (excluding diaryl/α,β-unsaturated/α-hetero) is 1. The zero-order valence-electron chi connectivity index (χ0n) is 7.96. The van der Waals surface area contributed by atoms with Crippen molar-refractivity contribution >= 4 is 28.5 Å². The van der Waals surface area contributed by atoms with E-state index in [-0.39, 0.29) is 12.2 Å². The topological polar surface area (TPSA) is 63.1 Å². The monoisotopic (exact) mass is 225 g/mol. The molecule has 0 radical (unpaired) electrons. The number of oxazole rings is 1. The normalized spacial score (nSPS) is 10.8. The summed E-state index contributed by atoms with van der Waals surface area (Å²) in [5, 5.41) is 0.453. The molecule has 2 aromatic rings. The third-order valence-electron chi connectivity index (χ3n) is 2.07. The first-order chi connectivity index (χ1) is 7.08.